The highest BCUT2D eigenvalue weighted by Gasteiger charge is 2.33. The number of nitrogens with one attached hydrogen (secondary N) is 1. The molecule has 2 aliphatic rings. The largest absolute Gasteiger partial charge is 0.355 e. The van der Waals surface area contributed by atoms with E-state index in [2.05, 4.69) is 10.2 Å². The SMILES string of the molecule is O=C(NCCN1CCCCCC1)C1CCN(S(=O)(=O)c2ccccc2F)CC1. The van der Waals surface area contributed by atoms with Gasteiger partial charge in [0, 0.05) is 32.1 Å². The first kappa shape index (κ1) is 21.2. The van der Waals surface area contributed by atoms with Crippen LogP contribution in [0.2, 0.25) is 0 Å². The van der Waals surface area contributed by atoms with Gasteiger partial charge in [-0.1, -0.05) is 25.0 Å². The first-order valence-corrected chi connectivity index (χ1v) is 11.7. The van der Waals surface area contributed by atoms with Crippen LogP contribution in [0.25, 0.3) is 0 Å². The van der Waals surface area contributed by atoms with Crippen molar-refractivity contribution >= 4 is 15.9 Å². The van der Waals surface area contributed by atoms with Gasteiger partial charge in [0.15, 0.2) is 0 Å². The van der Waals surface area contributed by atoms with Crippen molar-refractivity contribution in [1.29, 1.82) is 0 Å². The molecule has 1 aromatic rings. The molecule has 8 heteroatoms. The summed E-state index contributed by atoms with van der Waals surface area (Å²) >= 11 is 0. The van der Waals surface area contributed by atoms with Crippen LogP contribution in [0.15, 0.2) is 29.2 Å². The molecule has 6 nitrogen and oxygen atoms in total. The average molecular weight is 412 g/mol. The summed E-state index contributed by atoms with van der Waals surface area (Å²) in [5, 5.41) is 3.01. The maximum atomic E-state index is 13.9. The van der Waals surface area contributed by atoms with Crippen LogP contribution >= 0.6 is 0 Å². The maximum absolute atomic E-state index is 13.9. The van der Waals surface area contributed by atoms with Gasteiger partial charge < -0.3 is 10.2 Å². The summed E-state index contributed by atoms with van der Waals surface area (Å²) in [4.78, 5) is 14.5. The highest BCUT2D eigenvalue weighted by atomic mass is 32.2. The first-order chi connectivity index (χ1) is 13.5. The van der Waals surface area contributed by atoms with Crippen molar-refractivity contribution in [3.05, 3.63) is 30.1 Å². The normalized spacial score (nSPS) is 20.6. The van der Waals surface area contributed by atoms with Crippen molar-refractivity contribution in [2.24, 2.45) is 5.92 Å². The Bertz CT molecular complexity index is 756. The van der Waals surface area contributed by atoms with Crippen LogP contribution in [0.1, 0.15) is 38.5 Å². The third-order valence-electron chi connectivity index (χ3n) is 5.71. The molecule has 0 radical (unpaired) electrons. The lowest BCUT2D eigenvalue weighted by molar-refractivity contribution is -0.126. The number of likely N-dealkylation sites (tertiary alicyclic amines) is 1. The highest BCUT2D eigenvalue weighted by molar-refractivity contribution is 7.89. The summed E-state index contributed by atoms with van der Waals surface area (Å²) in [5.41, 5.74) is 0. The number of hydrogen-bond donors (Lipinski definition) is 1. The third kappa shape index (κ3) is 5.30. The van der Waals surface area contributed by atoms with Gasteiger partial charge in [0.2, 0.25) is 15.9 Å². The zero-order valence-corrected chi connectivity index (χ0v) is 17.1. The van der Waals surface area contributed by atoms with Gasteiger partial charge in [-0.2, -0.15) is 4.31 Å². The summed E-state index contributed by atoms with van der Waals surface area (Å²) in [5.74, 6) is -0.926. The zero-order valence-electron chi connectivity index (χ0n) is 16.3. The molecular weight excluding hydrogens is 381 g/mol. The monoisotopic (exact) mass is 411 g/mol. The summed E-state index contributed by atoms with van der Waals surface area (Å²) < 4.78 is 40.5. The minimum atomic E-state index is -3.86. The number of hydrogen-bond acceptors (Lipinski definition) is 4. The summed E-state index contributed by atoms with van der Waals surface area (Å²) in [6.45, 7) is 4.17. The molecule has 2 aliphatic heterocycles. The molecule has 28 heavy (non-hydrogen) atoms. The van der Waals surface area contributed by atoms with Gasteiger partial charge in [-0.3, -0.25) is 4.79 Å². The standard InChI is InChI=1S/C20H30FN3O3S/c21-18-7-3-4-8-19(18)28(26,27)24-14-9-17(10-15-24)20(25)22-11-16-23-12-5-1-2-6-13-23/h3-4,7-8,17H,1-2,5-6,9-16H2,(H,22,25). The second-order valence-corrected chi connectivity index (χ2v) is 9.56. The minimum absolute atomic E-state index is 0.00207. The lowest BCUT2D eigenvalue weighted by Gasteiger charge is -2.30. The Hall–Kier alpha value is -1.51. The minimum Gasteiger partial charge on any atom is -0.355 e. The van der Waals surface area contributed by atoms with Gasteiger partial charge in [0.25, 0.3) is 0 Å². The number of amides is 1. The average Bonchev–Trinajstić information content (AvgIpc) is 2.97. The van der Waals surface area contributed by atoms with E-state index < -0.39 is 15.8 Å². The highest BCUT2D eigenvalue weighted by Crippen LogP contribution is 2.25. The van der Waals surface area contributed by atoms with Gasteiger partial charge in [0.1, 0.15) is 10.7 Å². The van der Waals surface area contributed by atoms with E-state index in [1.807, 2.05) is 0 Å². The molecule has 1 aromatic carbocycles. The van der Waals surface area contributed by atoms with Crippen LogP contribution < -0.4 is 5.32 Å². The molecule has 2 saturated heterocycles. The van der Waals surface area contributed by atoms with Crippen molar-refractivity contribution in [3.63, 3.8) is 0 Å². The topological polar surface area (TPSA) is 69.7 Å². The van der Waals surface area contributed by atoms with Crippen LogP contribution in [0, 0.1) is 11.7 Å². The van der Waals surface area contributed by atoms with E-state index in [9.17, 15) is 17.6 Å². The molecule has 0 spiro atoms. The van der Waals surface area contributed by atoms with Crippen molar-refractivity contribution in [2.75, 3.05) is 39.3 Å². The molecule has 0 unspecified atom stereocenters. The first-order valence-electron chi connectivity index (χ1n) is 10.2. The lowest BCUT2D eigenvalue weighted by Crippen LogP contribution is -2.44. The van der Waals surface area contributed by atoms with E-state index in [4.69, 9.17) is 0 Å². The summed E-state index contributed by atoms with van der Waals surface area (Å²) in [6, 6.07) is 5.42. The Kier molecular flexibility index (Phi) is 7.42. The van der Waals surface area contributed by atoms with Crippen LogP contribution in [-0.2, 0) is 14.8 Å². The van der Waals surface area contributed by atoms with Crippen LogP contribution in [0.3, 0.4) is 0 Å². The van der Waals surface area contributed by atoms with Crippen LogP contribution in [0.4, 0.5) is 4.39 Å². The molecule has 1 N–H and O–H groups in total. The second-order valence-electron chi connectivity index (χ2n) is 7.66. The number of benzene rings is 1. The van der Waals surface area contributed by atoms with Gasteiger partial charge in [-0.25, -0.2) is 12.8 Å². The van der Waals surface area contributed by atoms with Crippen molar-refractivity contribution in [1.82, 2.24) is 14.5 Å². The van der Waals surface area contributed by atoms with E-state index in [1.165, 1.54) is 48.2 Å². The van der Waals surface area contributed by atoms with E-state index in [-0.39, 0.29) is 29.8 Å². The Labute approximate surface area is 167 Å². The van der Waals surface area contributed by atoms with Crippen LogP contribution in [0.5, 0.6) is 0 Å². The number of nitrogens with zero attached hydrogens (tertiary/aromatic N) is 2. The smallest absolute Gasteiger partial charge is 0.245 e. The maximum Gasteiger partial charge on any atom is 0.245 e. The van der Waals surface area contributed by atoms with Gasteiger partial charge in [-0.15, -0.1) is 0 Å². The summed E-state index contributed by atoms with van der Waals surface area (Å²) in [6.07, 6.45) is 5.95. The summed E-state index contributed by atoms with van der Waals surface area (Å²) in [7, 11) is -3.86. The Morgan fingerprint density at radius 3 is 2.32 bits per heavy atom. The Morgan fingerprint density at radius 1 is 1.04 bits per heavy atom. The molecule has 1 amide bonds. The van der Waals surface area contributed by atoms with E-state index >= 15 is 0 Å². The second kappa shape index (κ2) is 9.80. The molecule has 0 aromatic heterocycles. The van der Waals surface area contributed by atoms with E-state index in [0.717, 1.165) is 25.7 Å². The predicted octanol–water partition coefficient (Wildman–Crippen LogP) is 2.22. The number of carbonyl (C=O) groups excluding carboxylic acids is 1. The zero-order chi connectivity index (χ0) is 20.0. The molecule has 2 heterocycles. The quantitative estimate of drug-likeness (QED) is 0.779. The fraction of sp³-hybridized carbons (Fsp3) is 0.650. The number of sulfonamides is 1. The molecule has 2 fully saturated rings. The number of piperidine rings is 1. The van der Waals surface area contributed by atoms with Crippen molar-refractivity contribution < 1.29 is 17.6 Å². The van der Waals surface area contributed by atoms with Crippen molar-refractivity contribution in [3.8, 4) is 0 Å². The van der Waals surface area contributed by atoms with Crippen LogP contribution in [-0.4, -0.2) is 62.8 Å². The number of rotatable bonds is 6. The molecule has 0 atom stereocenters. The molecular formula is C20H30FN3O3S. The molecule has 3 rings (SSSR count). The van der Waals surface area contributed by atoms with E-state index in [0.29, 0.717) is 19.4 Å². The van der Waals surface area contributed by atoms with E-state index in [1.54, 1.807) is 0 Å². The number of halogens is 1. The molecule has 0 bridgehead atoms. The fourth-order valence-corrected chi connectivity index (χ4v) is 5.53. The van der Waals surface area contributed by atoms with Gasteiger partial charge in [0.05, 0.1) is 0 Å². The third-order valence-corrected chi connectivity index (χ3v) is 7.64. The van der Waals surface area contributed by atoms with Gasteiger partial charge >= 0.3 is 0 Å². The van der Waals surface area contributed by atoms with Crippen molar-refractivity contribution in [2.45, 2.75) is 43.4 Å². The number of carbonyl (C=O) groups is 1. The lowest BCUT2D eigenvalue weighted by atomic mass is 9.97. The molecule has 0 aliphatic carbocycles. The Morgan fingerprint density at radius 2 is 1.68 bits per heavy atom. The molecule has 156 valence electrons. The van der Waals surface area contributed by atoms with Gasteiger partial charge in [-0.05, 0) is 50.9 Å². The fourth-order valence-electron chi connectivity index (χ4n) is 3.99. The predicted molar refractivity (Wildman–Crippen MR) is 106 cm³/mol. The Balaban J connectivity index is 1.45. The molecule has 0 saturated carbocycles.